The molecule has 0 fully saturated rings. The van der Waals surface area contributed by atoms with Crippen LogP contribution in [0.4, 0.5) is 0 Å². The summed E-state index contributed by atoms with van der Waals surface area (Å²) in [6, 6.07) is 4.17. The van der Waals surface area contributed by atoms with E-state index in [1.54, 1.807) is 0 Å². The van der Waals surface area contributed by atoms with Gasteiger partial charge in [-0.05, 0) is 67.5 Å². The Morgan fingerprint density at radius 1 is 1.17 bits per heavy atom. The maximum Gasteiger partial charge on any atom is 0.175 e. The Balaban J connectivity index is 2.69. The standard InChI is InChI=1S/C18H31BrN2O2/c1-6-21(7-2)10-9-20-13-15-11-16(19)18(23-14(4)5)17(12-15)22-8-3/h11-12,14,20H,6-10,13H2,1-5H3. The zero-order chi connectivity index (χ0) is 17.2. The first-order valence-electron chi connectivity index (χ1n) is 8.56. The molecule has 0 heterocycles. The molecule has 1 aromatic carbocycles. The number of nitrogens with one attached hydrogen (secondary N) is 1. The zero-order valence-corrected chi connectivity index (χ0v) is 16.7. The molecule has 5 heteroatoms. The fourth-order valence-electron chi connectivity index (χ4n) is 2.35. The van der Waals surface area contributed by atoms with Crippen LogP contribution in [-0.4, -0.2) is 43.8 Å². The molecule has 1 rings (SSSR count). The second-order valence-corrected chi connectivity index (χ2v) is 6.56. The van der Waals surface area contributed by atoms with Crippen LogP contribution in [0.25, 0.3) is 0 Å². The fourth-order valence-corrected chi connectivity index (χ4v) is 2.93. The monoisotopic (exact) mass is 386 g/mol. The van der Waals surface area contributed by atoms with Crippen LogP contribution in [-0.2, 0) is 6.54 Å². The number of rotatable bonds is 11. The molecule has 0 bridgehead atoms. The molecule has 1 N–H and O–H groups in total. The average molecular weight is 387 g/mol. The van der Waals surface area contributed by atoms with E-state index in [2.05, 4.69) is 52.1 Å². The van der Waals surface area contributed by atoms with Crippen molar-refractivity contribution in [3.05, 3.63) is 22.2 Å². The minimum Gasteiger partial charge on any atom is -0.490 e. The summed E-state index contributed by atoms with van der Waals surface area (Å²) in [6.45, 7) is 16.1. The van der Waals surface area contributed by atoms with Gasteiger partial charge in [0.2, 0.25) is 0 Å². The van der Waals surface area contributed by atoms with Crippen molar-refractivity contribution in [1.82, 2.24) is 10.2 Å². The third-order valence-electron chi connectivity index (χ3n) is 3.55. The average Bonchev–Trinajstić information content (AvgIpc) is 2.51. The lowest BCUT2D eigenvalue weighted by Crippen LogP contribution is -2.31. The van der Waals surface area contributed by atoms with Crippen molar-refractivity contribution in [2.75, 3.05) is 32.8 Å². The van der Waals surface area contributed by atoms with Crippen molar-refractivity contribution in [3.63, 3.8) is 0 Å². The molecule has 0 atom stereocenters. The van der Waals surface area contributed by atoms with Crippen LogP contribution >= 0.6 is 15.9 Å². The van der Waals surface area contributed by atoms with Gasteiger partial charge in [-0.15, -0.1) is 0 Å². The lowest BCUT2D eigenvalue weighted by Gasteiger charge is -2.19. The molecule has 0 saturated heterocycles. The van der Waals surface area contributed by atoms with Crippen LogP contribution in [0.5, 0.6) is 11.5 Å². The van der Waals surface area contributed by atoms with E-state index >= 15 is 0 Å². The number of hydrogen-bond donors (Lipinski definition) is 1. The van der Waals surface area contributed by atoms with E-state index in [-0.39, 0.29) is 6.10 Å². The van der Waals surface area contributed by atoms with Crippen molar-refractivity contribution in [1.29, 1.82) is 0 Å². The summed E-state index contributed by atoms with van der Waals surface area (Å²) in [7, 11) is 0. The van der Waals surface area contributed by atoms with E-state index in [9.17, 15) is 0 Å². The van der Waals surface area contributed by atoms with Gasteiger partial charge >= 0.3 is 0 Å². The smallest absolute Gasteiger partial charge is 0.175 e. The van der Waals surface area contributed by atoms with Crippen molar-refractivity contribution in [3.8, 4) is 11.5 Å². The third kappa shape index (κ3) is 7.10. The predicted octanol–water partition coefficient (Wildman–Crippen LogP) is 4.07. The highest BCUT2D eigenvalue weighted by atomic mass is 79.9. The van der Waals surface area contributed by atoms with Crippen molar-refractivity contribution in [2.24, 2.45) is 0 Å². The summed E-state index contributed by atoms with van der Waals surface area (Å²) in [5.74, 6) is 1.59. The van der Waals surface area contributed by atoms with Crippen LogP contribution in [0.2, 0.25) is 0 Å². The molecule has 0 spiro atoms. The molecule has 0 saturated carbocycles. The molecular weight excluding hydrogens is 356 g/mol. The van der Waals surface area contributed by atoms with Gasteiger partial charge in [-0.1, -0.05) is 13.8 Å². The third-order valence-corrected chi connectivity index (χ3v) is 4.14. The fraction of sp³-hybridized carbons (Fsp3) is 0.667. The van der Waals surface area contributed by atoms with Crippen molar-refractivity contribution in [2.45, 2.75) is 47.3 Å². The lowest BCUT2D eigenvalue weighted by molar-refractivity contribution is 0.222. The van der Waals surface area contributed by atoms with Crippen LogP contribution in [0, 0.1) is 0 Å². The van der Waals surface area contributed by atoms with Crippen LogP contribution in [0.15, 0.2) is 16.6 Å². The molecule has 0 unspecified atom stereocenters. The number of halogens is 1. The Kier molecular flexibility index (Phi) is 9.60. The second kappa shape index (κ2) is 10.9. The highest BCUT2D eigenvalue weighted by Gasteiger charge is 2.13. The maximum absolute atomic E-state index is 5.87. The van der Waals surface area contributed by atoms with Crippen LogP contribution in [0.3, 0.4) is 0 Å². The molecule has 23 heavy (non-hydrogen) atoms. The molecule has 0 aliphatic heterocycles. The van der Waals surface area contributed by atoms with Crippen LogP contribution in [0.1, 0.15) is 40.2 Å². The van der Waals surface area contributed by atoms with Crippen molar-refractivity contribution < 1.29 is 9.47 Å². The maximum atomic E-state index is 5.87. The minimum absolute atomic E-state index is 0.114. The summed E-state index contributed by atoms with van der Waals surface area (Å²) in [6.07, 6.45) is 0.114. The number of benzene rings is 1. The van der Waals surface area contributed by atoms with Crippen molar-refractivity contribution >= 4 is 15.9 Å². The first kappa shape index (κ1) is 20.3. The summed E-state index contributed by atoms with van der Waals surface area (Å²) < 4.78 is 12.6. The number of nitrogens with zero attached hydrogens (tertiary/aromatic N) is 1. The Bertz CT molecular complexity index is 463. The van der Waals surface area contributed by atoms with E-state index in [0.29, 0.717) is 6.61 Å². The molecule has 0 amide bonds. The second-order valence-electron chi connectivity index (χ2n) is 5.71. The summed E-state index contributed by atoms with van der Waals surface area (Å²) in [4.78, 5) is 2.41. The first-order chi connectivity index (χ1) is 11.0. The van der Waals surface area contributed by atoms with Gasteiger partial charge in [0.15, 0.2) is 11.5 Å². The first-order valence-corrected chi connectivity index (χ1v) is 9.35. The molecular formula is C18H31BrN2O2. The van der Waals surface area contributed by atoms with E-state index < -0.39 is 0 Å². The highest BCUT2D eigenvalue weighted by molar-refractivity contribution is 9.10. The van der Waals surface area contributed by atoms with Gasteiger partial charge in [0.25, 0.3) is 0 Å². The minimum atomic E-state index is 0.114. The van der Waals surface area contributed by atoms with E-state index in [1.807, 2.05) is 20.8 Å². The van der Waals surface area contributed by atoms with Gasteiger partial charge in [0.1, 0.15) is 0 Å². The molecule has 0 aromatic heterocycles. The molecule has 0 aliphatic rings. The van der Waals surface area contributed by atoms with Gasteiger partial charge in [-0.2, -0.15) is 0 Å². The van der Waals surface area contributed by atoms with E-state index in [4.69, 9.17) is 9.47 Å². The number of likely N-dealkylation sites (N-methyl/N-ethyl adjacent to an activating group) is 1. The summed E-state index contributed by atoms with van der Waals surface area (Å²) >= 11 is 3.61. The Labute approximate surface area is 149 Å². The lowest BCUT2D eigenvalue weighted by atomic mass is 10.2. The predicted molar refractivity (Wildman–Crippen MR) is 101 cm³/mol. The quantitative estimate of drug-likeness (QED) is 0.581. The van der Waals surface area contributed by atoms with Gasteiger partial charge < -0.3 is 19.7 Å². The Morgan fingerprint density at radius 2 is 1.87 bits per heavy atom. The molecule has 4 nitrogen and oxygen atoms in total. The molecule has 1 aromatic rings. The summed E-state index contributed by atoms with van der Waals surface area (Å²) in [5.41, 5.74) is 1.19. The van der Waals surface area contributed by atoms with E-state index in [1.165, 1.54) is 5.56 Å². The summed E-state index contributed by atoms with van der Waals surface area (Å²) in [5, 5.41) is 3.50. The topological polar surface area (TPSA) is 33.7 Å². The van der Waals surface area contributed by atoms with Gasteiger partial charge in [-0.3, -0.25) is 0 Å². The van der Waals surface area contributed by atoms with Gasteiger partial charge in [0, 0.05) is 19.6 Å². The Morgan fingerprint density at radius 3 is 2.43 bits per heavy atom. The largest absolute Gasteiger partial charge is 0.490 e. The molecule has 0 radical (unpaired) electrons. The zero-order valence-electron chi connectivity index (χ0n) is 15.1. The molecule has 0 aliphatic carbocycles. The molecule has 132 valence electrons. The van der Waals surface area contributed by atoms with E-state index in [0.717, 1.165) is 48.7 Å². The van der Waals surface area contributed by atoms with Crippen LogP contribution < -0.4 is 14.8 Å². The SMILES string of the molecule is CCOc1cc(CNCCN(CC)CC)cc(Br)c1OC(C)C. The van der Waals surface area contributed by atoms with Gasteiger partial charge in [-0.25, -0.2) is 0 Å². The van der Waals surface area contributed by atoms with Gasteiger partial charge in [0.05, 0.1) is 17.2 Å². The number of ether oxygens (including phenoxy) is 2. The normalized spacial score (nSPS) is 11.3. The number of hydrogen-bond acceptors (Lipinski definition) is 4. The highest BCUT2D eigenvalue weighted by Crippen LogP contribution is 2.37. The Hall–Kier alpha value is -0.780.